The van der Waals surface area contributed by atoms with Crippen molar-refractivity contribution in [3.05, 3.63) is 28.8 Å². The van der Waals surface area contributed by atoms with Crippen molar-refractivity contribution in [2.75, 3.05) is 18.5 Å². The first kappa shape index (κ1) is 19.9. The Kier molecular flexibility index (Phi) is 5.34. The summed E-state index contributed by atoms with van der Waals surface area (Å²) in [6, 6.07) is 5.09. The van der Waals surface area contributed by atoms with Crippen molar-refractivity contribution in [2.45, 2.75) is 32.6 Å². The van der Waals surface area contributed by atoms with Crippen LogP contribution in [0.25, 0.3) is 0 Å². The molecule has 2 bridgehead atoms. The van der Waals surface area contributed by atoms with Gasteiger partial charge in [0.1, 0.15) is 0 Å². The van der Waals surface area contributed by atoms with Crippen LogP contribution in [0, 0.1) is 30.6 Å². The van der Waals surface area contributed by atoms with Crippen molar-refractivity contribution in [1.29, 1.82) is 0 Å². The van der Waals surface area contributed by atoms with Crippen LogP contribution in [0.15, 0.2) is 18.2 Å². The quantitative estimate of drug-likeness (QED) is 0.566. The predicted octanol–water partition coefficient (Wildman–Crippen LogP) is 2.55. The summed E-state index contributed by atoms with van der Waals surface area (Å²) in [6.45, 7) is 1.42. The Hall–Kier alpha value is -2.41. The number of esters is 1. The van der Waals surface area contributed by atoms with Crippen LogP contribution in [-0.4, -0.2) is 41.7 Å². The van der Waals surface area contributed by atoms with Crippen LogP contribution < -0.4 is 5.32 Å². The van der Waals surface area contributed by atoms with E-state index in [9.17, 15) is 19.2 Å². The SMILES string of the molecule is Cc1ccc(NC(=O)COC(=O)CCN2C(=O)[C@H]3[C@H]4CC[C@@H](C4)[C@@H]3C2=O)cc1Cl. The van der Waals surface area contributed by atoms with Crippen LogP contribution in [0.2, 0.25) is 5.02 Å². The van der Waals surface area contributed by atoms with Gasteiger partial charge in [0.05, 0.1) is 18.3 Å². The van der Waals surface area contributed by atoms with Gasteiger partial charge in [-0.25, -0.2) is 0 Å². The predicted molar refractivity (Wildman–Crippen MR) is 105 cm³/mol. The number of carbonyl (C=O) groups excluding carboxylic acids is 4. The molecule has 1 heterocycles. The first-order chi connectivity index (χ1) is 13.8. The second kappa shape index (κ2) is 7.78. The van der Waals surface area contributed by atoms with E-state index >= 15 is 0 Å². The highest BCUT2D eigenvalue weighted by atomic mass is 35.5. The van der Waals surface area contributed by atoms with Gasteiger partial charge in [-0.1, -0.05) is 17.7 Å². The summed E-state index contributed by atoms with van der Waals surface area (Å²) < 4.78 is 4.98. The molecule has 0 aromatic heterocycles. The molecule has 0 radical (unpaired) electrons. The molecule has 4 atom stereocenters. The van der Waals surface area contributed by atoms with Crippen molar-refractivity contribution in [2.24, 2.45) is 23.7 Å². The molecule has 1 aromatic rings. The highest BCUT2D eigenvalue weighted by molar-refractivity contribution is 6.31. The molecular weight excluding hydrogens is 396 g/mol. The Morgan fingerprint density at radius 1 is 1.17 bits per heavy atom. The molecule has 2 aliphatic carbocycles. The van der Waals surface area contributed by atoms with Gasteiger partial charge < -0.3 is 10.1 Å². The maximum Gasteiger partial charge on any atom is 0.308 e. The lowest BCUT2D eigenvalue weighted by Gasteiger charge is -2.19. The standard InChI is InChI=1S/C21H23ClN2O5/c1-11-2-5-14(9-15(11)22)23-16(25)10-29-17(26)6-7-24-20(27)18-12-3-4-13(8-12)19(18)21(24)28/h2,5,9,12-13,18-19H,3-4,6-8,10H2,1H3,(H,23,25)/t12-,13-,18-,19-/m0/s1. The number of rotatable bonds is 6. The van der Waals surface area contributed by atoms with Gasteiger partial charge in [0.25, 0.3) is 5.91 Å². The van der Waals surface area contributed by atoms with E-state index in [2.05, 4.69) is 5.32 Å². The first-order valence-electron chi connectivity index (χ1n) is 9.92. The number of likely N-dealkylation sites (tertiary alicyclic amines) is 1. The molecule has 3 fully saturated rings. The Morgan fingerprint density at radius 3 is 2.45 bits per heavy atom. The second-order valence-electron chi connectivity index (χ2n) is 8.14. The van der Waals surface area contributed by atoms with E-state index in [1.807, 2.05) is 6.92 Å². The van der Waals surface area contributed by atoms with Crippen molar-refractivity contribution in [3.63, 3.8) is 0 Å². The molecule has 7 nitrogen and oxygen atoms in total. The fraction of sp³-hybridized carbons (Fsp3) is 0.524. The van der Waals surface area contributed by atoms with Crippen molar-refractivity contribution in [3.8, 4) is 0 Å². The van der Waals surface area contributed by atoms with Gasteiger partial charge >= 0.3 is 5.97 Å². The molecule has 1 aliphatic heterocycles. The van der Waals surface area contributed by atoms with E-state index in [0.717, 1.165) is 24.8 Å². The van der Waals surface area contributed by atoms with E-state index in [-0.39, 0.29) is 36.6 Å². The molecule has 3 amide bonds. The molecule has 2 saturated carbocycles. The van der Waals surface area contributed by atoms with Crippen LogP contribution in [0.1, 0.15) is 31.2 Å². The van der Waals surface area contributed by atoms with Gasteiger partial charge in [0.2, 0.25) is 11.8 Å². The summed E-state index contributed by atoms with van der Waals surface area (Å²) in [6.07, 6.45) is 2.89. The molecule has 4 rings (SSSR count). The highest BCUT2D eigenvalue weighted by Crippen LogP contribution is 2.56. The largest absolute Gasteiger partial charge is 0.456 e. The van der Waals surface area contributed by atoms with Gasteiger partial charge in [-0.15, -0.1) is 0 Å². The van der Waals surface area contributed by atoms with Gasteiger partial charge in [-0.2, -0.15) is 0 Å². The molecule has 1 aromatic carbocycles. The monoisotopic (exact) mass is 418 g/mol. The normalized spacial score (nSPS) is 27.3. The fourth-order valence-electron chi connectivity index (χ4n) is 4.98. The minimum absolute atomic E-state index is 0.0120. The number of nitrogens with one attached hydrogen (secondary N) is 1. The number of hydrogen-bond acceptors (Lipinski definition) is 5. The number of halogens is 1. The summed E-state index contributed by atoms with van der Waals surface area (Å²) in [5, 5.41) is 3.13. The van der Waals surface area contributed by atoms with E-state index in [1.54, 1.807) is 18.2 Å². The second-order valence-corrected chi connectivity index (χ2v) is 8.54. The zero-order valence-electron chi connectivity index (χ0n) is 16.2. The third-order valence-corrected chi connectivity index (χ3v) is 6.79. The molecule has 1 saturated heterocycles. The summed E-state index contributed by atoms with van der Waals surface area (Å²) in [5.41, 5.74) is 1.40. The number of ether oxygens (including phenoxy) is 1. The zero-order chi connectivity index (χ0) is 20.7. The van der Waals surface area contributed by atoms with E-state index in [4.69, 9.17) is 16.3 Å². The molecule has 29 heavy (non-hydrogen) atoms. The summed E-state index contributed by atoms with van der Waals surface area (Å²) >= 11 is 6.01. The number of carbonyl (C=O) groups is 4. The first-order valence-corrected chi connectivity index (χ1v) is 10.3. The number of anilines is 1. The summed E-state index contributed by atoms with van der Waals surface area (Å²) in [7, 11) is 0. The van der Waals surface area contributed by atoms with Crippen LogP contribution in [0.4, 0.5) is 5.69 Å². The summed E-state index contributed by atoms with van der Waals surface area (Å²) in [4.78, 5) is 50.3. The molecule has 0 unspecified atom stereocenters. The summed E-state index contributed by atoms with van der Waals surface area (Å²) in [5.74, 6) is -1.15. The fourth-order valence-corrected chi connectivity index (χ4v) is 5.16. The molecule has 0 spiro atoms. The van der Waals surface area contributed by atoms with Crippen molar-refractivity contribution < 1.29 is 23.9 Å². The molecule has 8 heteroatoms. The minimum atomic E-state index is -0.622. The van der Waals surface area contributed by atoms with Gasteiger partial charge in [-0.3, -0.25) is 24.1 Å². The number of aryl methyl sites for hydroxylation is 1. The number of imide groups is 1. The average molecular weight is 419 g/mol. The van der Waals surface area contributed by atoms with Crippen LogP contribution in [-0.2, 0) is 23.9 Å². The average Bonchev–Trinajstić information content (AvgIpc) is 3.36. The molecule has 3 aliphatic rings. The molecule has 154 valence electrons. The van der Waals surface area contributed by atoms with Gasteiger partial charge in [0, 0.05) is 17.3 Å². The van der Waals surface area contributed by atoms with Crippen molar-refractivity contribution >= 4 is 41.0 Å². The third-order valence-electron chi connectivity index (χ3n) is 6.38. The lowest BCUT2D eigenvalue weighted by molar-refractivity contribution is -0.149. The molecular formula is C21H23ClN2O5. The Balaban J connectivity index is 1.23. The van der Waals surface area contributed by atoms with Gasteiger partial charge in [0.15, 0.2) is 6.61 Å². The number of amides is 3. The third kappa shape index (κ3) is 3.75. The number of hydrogen-bond donors (Lipinski definition) is 1. The smallest absolute Gasteiger partial charge is 0.308 e. The maximum absolute atomic E-state index is 12.6. The minimum Gasteiger partial charge on any atom is -0.456 e. The van der Waals surface area contributed by atoms with Crippen molar-refractivity contribution in [1.82, 2.24) is 4.90 Å². The maximum atomic E-state index is 12.6. The van der Waals surface area contributed by atoms with E-state index < -0.39 is 18.5 Å². The van der Waals surface area contributed by atoms with E-state index in [0.29, 0.717) is 22.5 Å². The molecule has 1 N–H and O–H groups in total. The van der Waals surface area contributed by atoms with Crippen LogP contribution >= 0.6 is 11.6 Å². The number of fused-ring (bicyclic) bond motifs is 5. The topological polar surface area (TPSA) is 92.8 Å². The Morgan fingerprint density at radius 2 is 1.83 bits per heavy atom. The van der Waals surface area contributed by atoms with Crippen LogP contribution in [0.5, 0.6) is 0 Å². The lowest BCUT2D eigenvalue weighted by atomic mass is 9.81. The number of benzene rings is 1. The lowest BCUT2D eigenvalue weighted by Crippen LogP contribution is -2.35. The van der Waals surface area contributed by atoms with E-state index in [1.165, 1.54) is 4.90 Å². The van der Waals surface area contributed by atoms with Crippen LogP contribution in [0.3, 0.4) is 0 Å². The highest BCUT2D eigenvalue weighted by Gasteiger charge is 2.60. The van der Waals surface area contributed by atoms with Gasteiger partial charge in [-0.05, 0) is 55.7 Å². The zero-order valence-corrected chi connectivity index (χ0v) is 16.9. The number of nitrogens with zero attached hydrogens (tertiary/aromatic N) is 1. The Bertz CT molecular complexity index is 858. The Labute approximate surface area is 173 Å².